The van der Waals surface area contributed by atoms with Crippen molar-refractivity contribution in [3.8, 4) is 5.75 Å². The number of ether oxygens (including phenoxy) is 1. The Morgan fingerprint density at radius 3 is 2.50 bits per heavy atom. The van der Waals surface area contributed by atoms with E-state index < -0.39 is 23.9 Å². The molecule has 1 fully saturated rings. The lowest BCUT2D eigenvalue weighted by molar-refractivity contribution is -0.136. The Morgan fingerprint density at radius 2 is 1.83 bits per heavy atom. The molecule has 0 heterocycles. The van der Waals surface area contributed by atoms with Gasteiger partial charge in [-0.25, -0.2) is 0 Å². The molecule has 0 bridgehead atoms. The molecular weight excluding hydrogens is 400 g/mol. The Balaban J connectivity index is 1.93. The molecule has 3 rings (SSSR count). The quantitative estimate of drug-likeness (QED) is 0.486. The molecule has 2 atom stereocenters. The topological polar surface area (TPSA) is 87.0 Å². The first-order valence-electron chi connectivity index (χ1n) is 10.5. The minimum atomic E-state index is -0.998. The van der Waals surface area contributed by atoms with Gasteiger partial charge < -0.3 is 20.1 Å². The molecule has 0 saturated heterocycles. The molecule has 5 nitrogen and oxygen atoms in total. The van der Waals surface area contributed by atoms with Crippen LogP contribution in [-0.2, 0) is 11.4 Å². The van der Waals surface area contributed by atoms with Crippen LogP contribution in [0.1, 0.15) is 60.0 Å². The van der Waals surface area contributed by atoms with E-state index in [9.17, 15) is 15.0 Å². The SMILES string of the molecule is O=C(O)CCS[C@H](c1cccc(C2CCCC2)c1OCc1ccccc1)[C@@H](O)CO. The highest BCUT2D eigenvalue weighted by Crippen LogP contribution is 2.45. The number of rotatable bonds is 11. The van der Waals surface area contributed by atoms with Crippen molar-refractivity contribution >= 4 is 17.7 Å². The van der Waals surface area contributed by atoms with Crippen LogP contribution in [0.2, 0.25) is 0 Å². The molecule has 6 heteroatoms. The van der Waals surface area contributed by atoms with Crippen LogP contribution in [0.5, 0.6) is 5.75 Å². The predicted octanol–water partition coefficient (Wildman–Crippen LogP) is 4.53. The monoisotopic (exact) mass is 430 g/mol. The second-order valence-electron chi connectivity index (χ2n) is 7.71. The smallest absolute Gasteiger partial charge is 0.304 e. The molecule has 162 valence electrons. The summed E-state index contributed by atoms with van der Waals surface area (Å²) in [6.45, 7) is 0.0236. The van der Waals surface area contributed by atoms with Crippen molar-refractivity contribution in [3.63, 3.8) is 0 Å². The van der Waals surface area contributed by atoms with E-state index in [0.29, 0.717) is 18.3 Å². The van der Waals surface area contributed by atoms with Crippen molar-refractivity contribution < 1.29 is 24.9 Å². The van der Waals surface area contributed by atoms with E-state index in [2.05, 4.69) is 6.07 Å². The van der Waals surface area contributed by atoms with Gasteiger partial charge in [-0.1, -0.05) is 61.4 Å². The number of aliphatic hydroxyl groups excluding tert-OH is 2. The average molecular weight is 431 g/mol. The Kier molecular flexibility index (Phi) is 8.61. The molecule has 1 aliphatic rings. The molecule has 2 aromatic rings. The Hall–Kier alpha value is -2.02. The van der Waals surface area contributed by atoms with Crippen LogP contribution >= 0.6 is 11.8 Å². The van der Waals surface area contributed by atoms with Crippen LogP contribution in [0.4, 0.5) is 0 Å². The number of thioether (sulfide) groups is 1. The van der Waals surface area contributed by atoms with Gasteiger partial charge in [-0.3, -0.25) is 4.79 Å². The van der Waals surface area contributed by atoms with Crippen molar-refractivity contribution in [2.45, 2.75) is 56.0 Å². The van der Waals surface area contributed by atoms with Crippen LogP contribution < -0.4 is 4.74 Å². The summed E-state index contributed by atoms with van der Waals surface area (Å²) < 4.78 is 6.35. The predicted molar refractivity (Wildman–Crippen MR) is 119 cm³/mol. The molecule has 0 radical (unpaired) electrons. The minimum absolute atomic E-state index is 0.00182. The third-order valence-electron chi connectivity index (χ3n) is 5.55. The fourth-order valence-corrected chi connectivity index (χ4v) is 5.25. The lowest BCUT2D eigenvalue weighted by Gasteiger charge is -2.26. The van der Waals surface area contributed by atoms with E-state index in [1.165, 1.54) is 24.6 Å². The van der Waals surface area contributed by atoms with Gasteiger partial charge in [0, 0.05) is 11.3 Å². The number of carboxylic acid groups (broad SMARTS) is 1. The largest absolute Gasteiger partial charge is 0.488 e. The van der Waals surface area contributed by atoms with E-state index in [1.54, 1.807) is 0 Å². The Morgan fingerprint density at radius 1 is 1.10 bits per heavy atom. The molecule has 0 spiro atoms. The minimum Gasteiger partial charge on any atom is -0.488 e. The number of carbonyl (C=O) groups is 1. The van der Waals surface area contributed by atoms with Crippen LogP contribution in [0.25, 0.3) is 0 Å². The molecule has 1 aliphatic carbocycles. The van der Waals surface area contributed by atoms with E-state index in [-0.39, 0.29) is 6.42 Å². The number of hydrogen-bond donors (Lipinski definition) is 3. The lowest BCUT2D eigenvalue weighted by atomic mass is 9.92. The van der Waals surface area contributed by atoms with Crippen molar-refractivity contribution in [3.05, 3.63) is 65.2 Å². The van der Waals surface area contributed by atoms with Gasteiger partial charge in [0.05, 0.1) is 24.4 Å². The molecule has 2 aromatic carbocycles. The fourth-order valence-electron chi connectivity index (χ4n) is 4.03. The summed E-state index contributed by atoms with van der Waals surface area (Å²) in [5, 5.41) is 28.7. The van der Waals surface area contributed by atoms with Crippen LogP contribution in [-0.4, -0.2) is 39.8 Å². The number of para-hydroxylation sites is 1. The number of aliphatic hydroxyl groups is 2. The zero-order valence-electron chi connectivity index (χ0n) is 17.1. The second kappa shape index (κ2) is 11.4. The standard InChI is InChI=1S/C24H30O5S/c25-15-21(26)24(30-14-13-22(27)28)20-12-6-11-19(18-9-4-5-10-18)23(20)29-16-17-7-2-1-3-8-17/h1-3,6-8,11-12,18,21,24-26H,4-5,9-10,13-16H2,(H,27,28)/t21-,24+/m0/s1. The van der Waals surface area contributed by atoms with Gasteiger partial charge in [0.1, 0.15) is 12.4 Å². The first-order valence-corrected chi connectivity index (χ1v) is 11.6. The Labute approximate surface area is 182 Å². The first-order chi connectivity index (χ1) is 14.6. The Bertz CT molecular complexity index is 804. The third-order valence-corrected chi connectivity index (χ3v) is 6.92. The van der Waals surface area contributed by atoms with Crippen LogP contribution in [0.3, 0.4) is 0 Å². The van der Waals surface area contributed by atoms with Crippen LogP contribution in [0, 0.1) is 0 Å². The van der Waals surface area contributed by atoms with Crippen molar-refractivity contribution in [1.82, 2.24) is 0 Å². The number of aliphatic carboxylic acids is 1. The van der Waals surface area contributed by atoms with Crippen molar-refractivity contribution in [2.24, 2.45) is 0 Å². The van der Waals surface area contributed by atoms with Gasteiger partial charge in [-0.05, 0) is 29.9 Å². The summed E-state index contributed by atoms with van der Waals surface area (Å²) in [5.41, 5.74) is 3.03. The lowest BCUT2D eigenvalue weighted by Crippen LogP contribution is -2.22. The second-order valence-corrected chi connectivity index (χ2v) is 8.96. The maximum atomic E-state index is 11.0. The van der Waals surface area contributed by atoms with Gasteiger partial charge in [0.15, 0.2) is 0 Å². The number of hydrogen-bond acceptors (Lipinski definition) is 5. The van der Waals surface area contributed by atoms with Gasteiger partial charge in [-0.2, -0.15) is 11.8 Å². The normalized spacial score (nSPS) is 16.3. The van der Waals surface area contributed by atoms with E-state index >= 15 is 0 Å². The van der Waals surface area contributed by atoms with Gasteiger partial charge in [0.25, 0.3) is 0 Å². The third kappa shape index (κ3) is 6.00. The highest BCUT2D eigenvalue weighted by molar-refractivity contribution is 7.99. The molecule has 0 aliphatic heterocycles. The van der Waals surface area contributed by atoms with Crippen molar-refractivity contribution in [1.29, 1.82) is 0 Å². The van der Waals surface area contributed by atoms with E-state index in [4.69, 9.17) is 9.84 Å². The summed E-state index contributed by atoms with van der Waals surface area (Å²) in [5.74, 6) is 0.670. The molecular formula is C24H30O5S. The summed E-state index contributed by atoms with van der Waals surface area (Å²) in [6.07, 6.45) is 3.63. The highest BCUT2D eigenvalue weighted by atomic mass is 32.2. The summed E-state index contributed by atoms with van der Waals surface area (Å²) in [6, 6.07) is 16.0. The van der Waals surface area contributed by atoms with Gasteiger partial charge in [-0.15, -0.1) is 0 Å². The van der Waals surface area contributed by atoms with E-state index in [1.807, 2.05) is 42.5 Å². The highest BCUT2D eigenvalue weighted by Gasteiger charge is 2.29. The molecule has 3 N–H and O–H groups in total. The maximum Gasteiger partial charge on any atom is 0.304 e. The summed E-state index contributed by atoms with van der Waals surface area (Å²) >= 11 is 1.35. The molecule has 1 saturated carbocycles. The molecule has 30 heavy (non-hydrogen) atoms. The zero-order valence-corrected chi connectivity index (χ0v) is 17.9. The molecule has 0 unspecified atom stereocenters. The van der Waals surface area contributed by atoms with E-state index in [0.717, 1.165) is 35.3 Å². The molecule has 0 aromatic heterocycles. The number of benzene rings is 2. The van der Waals surface area contributed by atoms with Crippen LogP contribution in [0.15, 0.2) is 48.5 Å². The first kappa shape index (κ1) is 22.7. The average Bonchev–Trinajstić information content (AvgIpc) is 3.30. The fraction of sp³-hybridized carbons (Fsp3) is 0.458. The number of carboxylic acids is 1. The summed E-state index contributed by atoms with van der Waals surface area (Å²) in [7, 11) is 0. The van der Waals surface area contributed by atoms with Crippen molar-refractivity contribution in [2.75, 3.05) is 12.4 Å². The molecule has 0 amide bonds. The zero-order chi connectivity index (χ0) is 21.3. The van der Waals surface area contributed by atoms with Gasteiger partial charge in [0.2, 0.25) is 0 Å². The maximum absolute atomic E-state index is 11.0. The summed E-state index contributed by atoms with van der Waals surface area (Å²) in [4.78, 5) is 11.0. The van der Waals surface area contributed by atoms with Gasteiger partial charge >= 0.3 is 5.97 Å².